The predicted molar refractivity (Wildman–Crippen MR) is 70.0 cm³/mol. The minimum Gasteiger partial charge on any atom is -0.294 e. The molecule has 1 aromatic rings. The van der Waals surface area contributed by atoms with Crippen LogP contribution in [0.15, 0.2) is 18.5 Å². The summed E-state index contributed by atoms with van der Waals surface area (Å²) in [5.41, 5.74) is 0. The van der Waals surface area contributed by atoms with Crippen molar-refractivity contribution in [2.75, 3.05) is 5.32 Å². The Morgan fingerprint density at radius 3 is 2.71 bits per heavy atom. The van der Waals surface area contributed by atoms with E-state index in [9.17, 15) is 4.79 Å². The van der Waals surface area contributed by atoms with Crippen molar-refractivity contribution < 1.29 is 4.79 Å². The third kappa shape index (κ3) is 3.70. The molecule has 0 saturated heterocycles. The highest BCUT2D eigenvalue weighted by molar-refractivity contribution is 8.01. The van der Waals surface area contributed by atoms with Crippen LogP contribution in [0, 0.1) is 0 Å². The van der Waals surface area contributed by atoms with E-state index in [0.717, 1.165) is 0 Å². The highest BCUT2D eigenvalue weighted by Crippen LogP contribution is 2.32. The molecule has 5 heteroatoms. The molecule has 4 nitrogen and oxygen atoms in total. The molecule has 0 aliphatic heterocycles. The lowest BCUT2D eigenvalue weighted by atomic mass is 10.4. The first-order chi connectivity index (χ1) is 8.25. The van der Waals surface area contributed by atoms with Crippen LogP contribution in [-0.2, 0) is 4.79 Å². The highest BCUT2D eigenvalue weighted by atomic mass is 32.2. The number of thioether (sulfide) groups is 1. The average Bonchev–Trinajstić information content (AvgIpc) is 2.83. The van der Waals surface area contributed by atoms with E-state index < -0.39 is 0 Å². The maximum absolute atomic E-state index is 11.9. The molecule has 1 aliphatic rings. The van der Waals surface area contributed by atoms with Crippen LogP contribution in [0.3, 0.4) is 0 Å². The molecule has 1 amide bonds. The van der Waals surface area contributed by atoms with Gasteiger partial charge in [-0.25, -0.2) is 9.97 Å². The molecule has 92 valence electrons. The van der Waals surface area contributed by atoms with Gasteiger partial charge in [-0.1, -0.05) is 12.8 Å². The zero-order chi connectivity index (χ0) is 12.1. The van der Waals surface area contributed by atoms with Crippen LogP contribution in [0.25, 0.3) is 0 Å². The second-order valence-electron chi connectivity index (χ2n) is 4.25. The maximum Gasteiger partial charge on any atom is 0.239 e. The Morgan fingerprint density at radius 2 is 2.06 bits per heavy atom. The van der Waals surface area contributed by atoms with E-state index in [1.807, 2.05) is 6.92 Å². The SMILES string of the molecule is C[C@H](SC1CCCC1)C(=O)Nc1ncccn1. The zero-order valence-electron chi connectivity index (χ0n) is 9.93. The molecule has 0 spiro atoms. The molecule has 1 aromatic heterocycles. The van der Waals surface area contributed by atoms with E-state index in [0.29, 0.717) is 11.2 Å². The molecule has 1 atom stereocenters. The van der Waals surface area contributed by atoms with Gasteiger partial charge in [-0.15, -0.1) is 11.8 Å². The lowest BCUT2D eigenvalue weighted by Crippen LogP contribution is -2.25. The number of nitrogens with one attached hydrogen (secondary N) is 1. The van der Waals surface area contributed by atoms with Gasteiger partial charge in [0.1, 0.15) is 0 Å². The Hall–Kier alpha value is -1.10. The number of carbonyl (C=O) groups is 1. The van der Waals surface area contributed by atoms with Gasteiger partial charge in [-0.05, 0) is 25.8 Å². The molecule has 0 radical (unpaired) electrons. The monoisotopic (exact) mass is 251 g/mol. The first-order valence-electron chi connectivity index (χ1n) is 5.99. The summed E-state index contributed by atoms with van der Waals surface area (Å²) < 4.78 is 0. The summed E-state index contributed by atoms with van der Waals surface area (Å²) in [6, 6.07) is 1.73. The van der Waals surface area contributed by atoms with Gasteiger partial charge in [0.2, 0.25) is 11.9 Å². The Labute approximate surface area is 106 Å². The van der Waals surface area contributed by atoms with Crippen molar-refractivity contribution >= 4 is 23.6 Å². The molecule has 1 aliphatic carbocycles. The van der Waals surface area contributed by atoms with Crippen molar-refractivity contribution in [2.24, 2.45) is 0 Å². The van der Waals surface area contributed by atoms with Crippen molar-refractivity contribution in [3.05, 3.63) is 18.5 Å². The molecule has 1 N–H and O–H groups in total. The third-order valence-electron chi connectivity index (χ3n) is 2.87. The fourth-order valence-electron chi connectivity index (χ4n) is 1.95. The summed E-state index contributed by atoms with van der Waals surface area (Å²) >= 11 is 1.77. The molecule has 1 fully saturated rings. The number of aromatic nitrogens is 2. The highest BCUT2D eigenvalue weighted by Gasteiger charge is 2.22. The average molecular weight is 251 g/mol. The molecule has 1 saturated carbocycles. The van der Waals surface area contributed by atoms with Crippen LogP contribution < -0.4 is 5.32 Å². The molecule has 1 heterocycles. The zero-order valence-corrected chi connectivity index (χ0v) is 10.7. The third-order valence-corrected chi connectivity index (χ3v) is 4.35. The van der Waals surface area contributed by atoms with Crippen molar-refractivity contribution in [3.8, 4) is 0 Å². The minimum atomic E-state index is -0.0399. The minimum absolute atomic E-state index is 0.00639. The molecule has 2 rings (SSSR count). The fourth-order valence-corrected chi connectivity index (χ4v) is 3.32. The van der Waals surface area contributed by atoms with Crippen LogP contribution >= 0.6 is 11.8 Å². The normalized spacial score (nSPS) is 17.9. The van der Waals surface area contributed by atoms with Gasteiger partial charge in [0.05, 0.1) is 5.25 Å². The molecule has 17 heavy (non-hydrogen) atoms. The van der Waals surface area contributed by atoms with Gasteiger partial charge in [0.15, 0.2) is 0 Å². The maximum atomic E-state index is 11.9. The van der Waals surface area contributed by atoms with Crippen LogP contribution in [-0.4, -0.2) is 26.4 Å². The number of hydrogen-bond acceptors (Lipinski definition) is 4. The number of hydrogen-bond donors (Lipinski definition) is 1. The topological polar surface area (TPSA) is 54.9 Å². The quantitative estimate of drug-likeness (QED) is 0.893. The van der Waals surface area contributed by atoms with Crippen LogP contribution in [0.4, 0.5) is 5.95 Å². The fraction of sp³-hybridized carbons (Fsp3) is 0.583. The second-order valence-corrected chi connectivity index (χ2v) is 5.89. The lowest BCUT2D eigenvalue weighted by Gasteiger charge is -2.15. The van der Waals surface area contributed by atoms with E-state index in [1.54, 1.807) is 30.2 Å². The Balaban J connectivity index is 1.82. The second kappa shape index (κ2) is 6.00. The van der Waals surface area contributed by atoms with E-state index in [-0.39, 0.29) is 11.2 Å². The molecule has 0 aromatic carbocycles. The van der Waals surface area contributed by atoms with Gasteiger partial charge >= 0.3 is 0 Å². The number of nitrogens with zero attached hydrogens (tertiary/aromatic N) is 2. The van der Waals surface area contributed by atoms with Gasteiger partial charge in [-0.2, -0.15) is 0 Å². The number of carbonyl (C=O) groups excluding carboxylic acids is 1. The van der Waals surface area contributed by atoms with Gasteiger partial charge in [-0.3, -0.25) is 10.1 Å². The summed E-state index contributed by atoms with van der Waals surface area (Å²) in [5, 5.41) is 3.34. The van der Waals surface area contributed by atoms with E-state index in [4.69, 9.17) is 0 Å². The summed E-state index contributed by atoms with van der Waals surface area (Å²) in [5.74, 6) is 0.379. The molecule has 0 unspecified atom stereocenters. The lowest BCUT2D eigenvalue weighted by molar-refractivity contribution is -0.115. The van der Waals surface area contributed by atoms with Gasteiger partial charge < -0.3 is 0 Å². The Bertz CT molecular complexity index is 365. The van der Waals surface area contributed by atoms with E-state index in [1.165, 1.54) is 25.7 Å². The van der Waals surface area contributed by atoms with Gasteiger partial charge in [0.25, 0.3) is 0 Å². The van der Waals surface area contributed by atoms with Crippen molar-refractivity contribution in [2.45, 2.75) is 43.1 Å². The molecule has 0 bridgehead atoms. The van der Waals surface area contributed by atoms with Gasteiger partial charge in [0, 0.05) is 17.6 Å². The summed E-state index contributed by atoms with van der Waals surface area (Å²) in [6.07, 6.45) is 8.32. The van der Waals surface area contributed by atoms with Crippen LogP contribution in [0.5, 0.6) is 0 Å². The largest absolute Gasteiger partial charge is 0.294 e. The Morgan fingerprint density at radius 1 is 1.41 bits per heavy atom. The first-order valence-corrected chi connectivity index (χ1v) is 6.93. The van der Waals surface area contributed by atoms with Crippen molar-refractivity contribution in [1.82, 2.24) is 9.97 Å². The molecular weight excluding hydrogens is 234 g/mol. The standard InChI is InChI=1S/C12H17N3OS/c1-9(17-10-5-2-3-6-10)11(16)15-12-13-7-4-8-14-12/h4,7-10H,2-3,5-6H2,1H3,(H,13,14,15,16)/t9-/m0/s1. The summed E-state index contributed by atoms with van der Waals surface area (Å²) in [6.45, 7) is 1.95. The smallest absolute Gasteiger partial charge is 0.239 e. The Kier molecular flexibility index (Phi) is 4.36. The van der Waals surface area contributed by atoms with E-state index in [2.05, 4.69) is 15.3 Å². The number of amides is 1. The predicted octanol–water partition coefficient (Wildman–Crippen LogP) is 2.48. The van der Waals surface area contributed by atoms with Crippen molar-refractivity contribution in [3.63, 3.8) is 0 Å². The number of anilines is 1. The summed E-state index contributed by atoms with van der Waals surface area (Å²) in [7, 11) is 0. The van der Waals surface area contributed by atoms with Crippen molar-refractivity contribution in [1.29, 1.82) is 0 Å². The first kappa shape index (κ1) is 12.4. The van der Waals surface area contributed by atoms with Crippen LogP contribution in [0.1, 0.15) is 32.6 Å². The number of rotatable bonds is 4. The molecular formula is C12H17N3OS. The summed E-state index contributed by atoms with van der Waals surface area (Å²) in [4.78, 5) is 19.8. The van der Waals surface area contributed by atoms with Crippen LogP contribution in [0.2, 0.25) is 0 Å². The van der Waals surface area contributed by atoms with E-state index >= 15 is 0 Å².